The van der Waals surface area contributed by atoms with Gasteiger partial charge >= 0.3 is 0 Å². The lowest BCUT2D eigenvalue weighted by Crippen LogP contribution is -2.35. The van der Waals surface area contributed by atoms with Gasteiger partial charge in [0, 0.05) is 19.6 Å². The van der Waals surface area contributed by atoms with Crippen LogP contribution in [0.3, 0.4) is 0 Å². The summed E-state index contributed by atoms with van der Waals surface area (Å²) < 4.78 is 17.6. The van der Waals surface area contributed by atoms with Gasteiger partial charge in [0.15, 0.2) is 11.5 Å². The first kappa shape index (κ1) is 22.0. The van der Waals surface area contributed by atoms with Crippen LogP contribution in [0.1, 0.15) is 70.8 Å². The van der Waals surface area contributed by atoms with Gasteiger partial charge < -0.3 is 14.2 Å². The Bertz CT molecular complexity index is 500. The fourth-order valence-electron chi connectivity index (χ4n) is 3.32. The molecule has 27 heavy (non-hydrogen) atoms. The summed E-state index contributed by atoms with van der Waals surface area (Å²) in [5, 5.41) is 0. The molecule has 0 aliphatic carbocycles. The third-order valence-corrected chi connectivity index (χ3v) is 5.03. The molecule has 2 rings (SSSR count). The SMILES string of the molecule is CCCCCCOc1ccc(CN2CCOCC2)cc1OCCCCCC. The molecule has 1 fully saturated rings. The van der Waals surface area contributed by atoms with E-state index in [9.17, 15) is 0 Å². The van der Waals surface area contributed by atoms with E-state index < -0.39 is 0 Å². The average Bonchev–Trinajstić information content (AvgIpc) is 2.70. The number of rotatable bonds is 14. The van der Waals surface area contributed by atoms with Gasteiger partial charge in [-0.2, -0.15) is 0 Å². The maximum absolute atomic E-state index is 6.12. The van der Waals surface area contributed by atoms with Gasteiger partial charge in [0.2, 0.25) is 0 Å². The van der Waals surface area contributed by atoms with E-state index in [1.54, 1.807) is 0 Å². The lowest BCUT2D eigenvalue weighted by Gasteiger charge is -2.26. The second kappa shape index (κ2) is 13.8. The molecule has 0 spiro atoms. The summed E-state index contributed by atoms with van der Waals surface area (Å²) in [5.74, 6) is 1.81. The van der Waals surface area contributed by atoms with Crippen LogP contribution in [-0.2, 0) is 11.3 Å². The number of benzene rings is 1. The van der Waals surface area contributed by atoms with Gasteiger partial charge in [-0.25, -0.2) is 0 Å². The predicted octanol–water partition coefficient (Wildman–Crippen LogP) is 5.44. The van der Waals surface area contributed by atoms with Crippen molar-refractivity contribution in [3.05, 3.63) is 23.8 Å². The average molecular weight is 378 g/mol. The zero-order valence-electron chi connectivity index (χ0n) is 17.5. The summed E-state index contributed by atoms with van der Waals surface area (Å²) in [6.07, 6.45) is 9.75. The van der Waals surface area contributed by atoms with Crippen molar-refractivity contribution < 1.29 is 14.2 Å². The first-order chi connectivity index (χ1) is 13.3. The fraction of sp³-hybridized carbons (Fsp3) is 0.739. The molecule has 0 aromatic heterocycles. The van der Waals surface area contributed by atoms with E-state index in [-0.39, 0.29) is 0 Å². The van der Waals surface area contributed by atoms with Gasteiger partial charge in [-0.1, -0.05) is 58.4 Å². The van der Waals surface area contributed by atoms with Gasteiger partial charge in [0.1, 0.15) is 0 Å². The number of nitrogens with zero attached hydrogens (tertiary/aromatic N) is 1. The summed E-state index contributed by atoms with van der Waals surface area (Å²) in [5.41, 5.74) is 1.29. The van der Waals surface area contributed by atoms with Crippen LogP contribution in [-0.4, -0.2) is 44.4 Å². The monoisotopic (exact) mass is 377 g/mol. The van der Waals surface area contributed by atoms with Gasteiger partial charge in [-0.3, -0.25) is 4.90 Å². The van der Waals surface area contributed by atoms with Gasteiger partial charge in [-0.05, 0) is 30.5 Å². The van der Waals surface area contributed by atoms with Crippen LogP contribution in [0.2, 0.25) is 0 Å². The first-order valence-corrected chi connectivity index (χ1v) is 11.0. The molecular weight excluding hydrogens is 338 g/mol. The maximum atomic E-state index is 6.12. The Balaban J connectivity index is 1.90. The van der Waals surface area contributed by atoms with E-state index in [0.717, 1.165) is 70.4 Å². The Morgan fingerprint density at radius 3 is 2.07 bits per heavy atom. The molecule has 4 nitrogen and oxygen atoms in total. The normalized spacial score (nSPS) is 15.0. The highest BCUT2D eigenvalue weighted by Crippen LogP contribution is 2.30. The van der Waals surface area contributed by atoms with E-state index in [1.165, 1.54) is 44.1 Å². The molecule has 0 bridgehead atoms. The van der Waals surface area contributed by atoms with E-state index in [2.05, 4.69) is 36.9 Å². The number of hydrogen-bond donors (Lipinski definition) is 0. The van der Waals surface area contributed by atoms with Gasteiger partial charge in [0.25, 0.3) is 0 Å². The summed E-state index contributed by atoms with van der Waals surface area (Å²) >= 11 is 0. The van der Waals surface area contributed by atoms with Crippen LogP contribution >= 0.6 is 0 Å². The molecule has 0 unspecified atom stereocenters. The Morgan fingerprint density at radius 1 is 0.815 bits per heavy atom. The standard InChI is InChI=1S/C23H39NO3/c1-3-5-7-9-15-26-22-12-11-21(20-24-13-17-25-18-14-24)19-23(22)27-16-10-8-6-4-2/h11-12,19H,3-10,13-18,20H2,1-2H3. The summed E-state index contributed by atoms with van der Waals surface area (Å²) in [6, 6.07) is 6.45. The zero-order valence-corrected chi connectivity index (χ0v) is 17.5. The van der Waals surface area contributed by atoms with Crippen LogP contribution in [0.4, 0.5) is 0 Å². The van der Waals surface area contributed by atoms with Crippen molar-refractivity contribution >= 4 is 0 Å². The molecule has 1 aromatic carbocycles. The molecule has 1 heterocycles. The van der Waals surface area contributed by atoms with Crippen molar-refractivity contribution in [3.8, 4) is 11.5 Å². The largest absolute Gasteiger partial charge is 0.490 e. The number of morpholine rings is 1. The molecule has 1 aliphatic rings. The number of ether oxygens (including phenoxy) is 3. The molecule has 4 heteroatoms. The molecule has 1 aromatic rings. The van der Waals surface area contributed by atoms with Crippen molar-refractivity contribution in [3.63, 3.8) is 0 Å². The second-order valence-electron chi connectivity index (χ2n) is 7.49. The van der Waals surface area contributed by atoms with E-state index in [0.29, 0.717) is 0 Å². The molecule has 0 saturated carbocycles. The van der Waals surface area contributed by atoms with Crippen LogP contribution in [0.15, 0.2) is 18.2 Å². The van der Waals surface area contributed by atoms with Crippen LogP contribution < -0.4 is 9.47 Å². The third-order valence-electron chi connectivity index (χ3n) is 5.03. The highest BCUT2D eigenvalue weighted by molar-refractivity contribution is 5.43. The lowest BCUT2D eigenvalue weighted by molar-refractivity contribution is 0.0341. The van der Waals surface area contributed by atoms with Crippen molar-refractivity contribution in [1.29, 1.82) is 0 Å². The second-order valence-corrected chi connectivity index (χ2v) is 7.49. The van der Waals surface area contributed by atoms with E-state index in [4.69, 9.17) is 14.2 Å². The molecule has 1 saturated heterocycles. The Kier molecular flexibility index (Phi) is 11.3. The van der Waals surface area contributed by atoms with Crippen LogP contribution in [0.25, 0.3) is 0 Å². The minimum atomic E-state index is 0.771. The van der Waals surface area contributed by atoms with Crippen molar-refractivity contribution in [1.82, 2.24) is 4.90 Å². The topological polar surface area (TPSA) is 30.9 Å². The maximum Gasteiger partial charge on any atom is 0.161 e. The Morgan fingerprint density at radius 2 is 1.44 bits per heavy atom. The summed E-state index contributed by atoms with van der Waals surface area (Å²) in [7, 11) is 0. The minimum Gasteiger partial charge on any atom is -0.490 e. The molecule has 0 N–H and O–H groups in total. The molecule has 1 aliphatic heterocycles. The van der Waals surface area contributed by atoms with E-state index >= 15 is 0 Å². The van der Waals surface area contributed by atoms with Gasteiger partial charge in [0.05, 0.1) is 26.4 Å². The zero-order chi connectivity index (χ0) is 19.2. The van der Waals surface area contributed by atoms with E-state index in [1.807, 2.05) is 0 Å². The molecular formula is C23H39NO3. The fourth-order valence-corrected chi connectivity index (χ4v) is 3.32. The molecule has 0 amide bonds. The third kappa shape index (κ3) is 8.98. The molecule has 154 valence electrons. The Hall–Kier alpha value is -1.26. The quantitative estimate of drug-likeness (QED) is 0.404. The summed E-state index contributed by atoms with van der Waals surface area (Å²) in [4.78, 5) is 2.44. The number of hydrogen-bond acceptors (Lipinski definition) is 4. The molecule has 0 atom stereocenters. The van der Waals surface area contributed by atoms with Crippen molar-refractivity contribution in [2.75, 3.05) is 39.5 Å². The van der Waals surface area contributed by atoms with Crippen LogP contribution in [0, 0.1) is 0 Å². The highest BCUT2D eigenvalue weighted by Gasteiger charge is 2.13. The predicted molar refractivity (Wildman–Crippen MR) is 112 cm³/mol. The highest BCUT2D eigenvalue weighted by atomic mass is 16.5. The Labute approximate surface area is 166 Å². The van der Waals surface area contributed by atoms with Gasteiger partial charge in [-0.15, -0.1) is 0 Å². The molecule has 0 radical (unpaired) electrons. The minimum absolute atomic E-state index is 0.771. The van der Waals surface area contributed by atoms with Crippen LogP contribution in [0.5, 0.6) is 11.5 Å². The smallest absolute Gasteiger partial charge is 0.161 e. The lowest BCUT2D eigenvalue weighted by atomic mass is 10.1. The van der Waals surface area contributed by atoms with Crippen molar-refractivity contribution in [2.24, 2.45) is 0 Å². The van der Waals surface area contributed by atoms with Crippen molar-refractivity contribution in [2.45, 2.75) is 71.8 Å². The first-order valence-electron chi connectivity index (χ1n) is 11.0. The summed E-state index contributed by atoms with van der Waals surface area (Å²) in [6.45, 7) is 10.6. The number of unbranched alkanes of at least 4 members (excludes halogenated alkanes) is 6.